The van der Waals surface area contributed by atoms with Gasteiger partial charge in [0.25, 0.3) is 0 Å². The molecule has 0 amide bonds. The number of nitrogens with zero attached hydrogens (tertiary/aromatic N) is 2. The van der Waals surface area contributed by atoms with Crippen molar-refractivity contribution in [1.29, 1.82) is 0 Å². The number of benzene rings is 2. The summed E-state index contributed by atoms with van der Waals surface area (Å²) in [7, 11) is 3.25. The van der Waals surface area contributed by atoms with E-state index in [0.29, 0.717) is 44.7 Å². The van der Waals surface area contributed by atoms with Gasteiger partial charge in [-0.3, -0.25) is 4.90 Å². The van der Waals surface area contributed by atoms with Crippen molar-refractivity contribution >= 4 is 5.69 Å². The molecule has 8 heteroatoms. The molecular weight excluding hydrogens is 409 g/mol. The molecule has 0 radical (unpaired) electrons. The molecule has 0 spiro atoms. The first kappa shape index (κ1) is 21.8. The van der Waals surface area contributed by atoms with Crippen LogP contribution in [-0.2, 0) is 19.0 Å². The van der Waals surface area contributed by atoms with E-state index in [1.807, 2.05) is 17.0 Å². The number of methoxy groups -OCH3 is 2. The lowest BCUT2D eigenvalue weighted by Gasteiger charge is -2.44. The van der Waals surface area contributed by atoms with Crippen LogP contribution in [0.3, 0.4) is 0 Å². The number of aliphatic hydroxyl groups is 1. The van der Waals surface area contributed by atoms with E-state index in [-0.39, 0.29) is 6.04 Å². The Labute approximate surface area is 180 Å². The number of ether oxygens (including phenoxy) is 2. The van der Waals surface area contributed by atoms with Crippen molar-refractivity contribution in [1.82, 2.24) is 4.90 Å². The predicted octanol–water partition coefficient (Wildman–Crippen LogP) is 3.37. The molecule has 1 saturated heterocycles. The zero-order valence-corrected chi connectivity index (χ0v) is 17.7. The highest BCUT2D eigenvalue weighted by Crippen LogP contribution is 2.38. The van der Waals surface area contributed by atoms with Crippen molar-refractivity contribution in [2.45, 2.75) is 31.2 Å². The molecule has 1 N–H and O–H groups in total. The van der Waals surface area contributed by atoms with E-state index in [9.17, 15) is 18.3 Å². The maximum absolute atomic E-state index is 13.0. The van der Waals surface area contributed by atoms with Gasteiger partial charge in [0, 0.05) is 55.5 Å². The number of alkyl halides is 3. The molecule has 0 bridgehead atoms. The third-order valence-corrected chi connectivity index (χ3v) is 6.38. The lowest BCUT2D eigenvalue weighted by atomic mass is 9.84. The maximum Gasteiger partial charge on any atom is 0.416 e. The quantitative estimate of drug-likeness (QED) is 0.796. The number of fused-ring (bicyclic) bond motifs is 1. The van der Waals surface area contributed by atoms with Crippen LogP contribution in [0.4, 0.5) is 18.9 Å². The maximum atomic E-state index is 13.0. The molecule has 2 aromatic carbocycles. The van der Waals surface area contributed by atoms with Crippen molar-refractivity contribution in [3.63, 3.8) is 0 Å². The van der Waals surface area contributed by atoms with Crippen LogP contribution in [0.25, 0.3) is 0 Å². The Kier molecular flexibility index (Phi) is 6.03. The largest absolute Gasteiger partial charge is 0.496 e. The summed E-state index contributed by atoms with van der Waals surface area (Å²) in [4.78, 5) is 4.20. The number of hydrogen-bond acceptors (Lipinski definition) is 5. The third kappa shape index (κ3) is 4.32. The summed E-state index contributed by atoms with van der Waals surface area (Å²) >= 11 is 0. The van der Waals surface area contributed by atoms with Gasteiger partial charge < -0.3 is 19.5 Å². The Hall–Kier alpha value is -2.45. The Balaban J connectivity index is 1.48. The van der Waals surface area contributed by atoms with Crippen LogP contribution in [0.15, 0.2) is 36.4 Å². The van der Waals surface area contributed by atoms with Crippen molar-refractivity contribution in [2.24, 2.45) is 0 Å². The Morgan fingerprint density at radius 1 is 0.903 bits per heavy atom. The van der Waals surface area contributed by atoms with Gasteiger partial charge in [0.2, 0.25) is 0 Å². The summed E-state index contributed by atoms with van der Waals surface area (Å²) in [5.74, 6) is 1.54. The van der Waals surface area contributed by atoms with Crippen LogP contribution in [0.5, 0.6) is 11.5 Å². The molecule has 2 aliphatic rings. The zero-order valence-electron chi connectivity index (χ0n) is 17.7. The van der Waals surface area contributed by atoms with Gasteiger partial charge in [-0.05, 0) is 36.8 Å². The SMILES string of the molecule is COc1ccc(OC)c2c1C[C@@H](O)[C@H](N1CCN(c3cccc(C(F)(F)F)c3)CC1)C2. The molecule has 5 nitrogen and oxygen atoms in total. The average Bonchev–Trinajstić information content (AvgIpc) is 2.77. The Bertz CT molecular complexity index is 927. The number of rotatable bonds is 4. The number of halogens is 3. The summed E-state index contributed by atoms with van der Waals surface area (Å²) in [5, 5.41) is 10.9. The predicted molar refractivity (Wildman–Crippen MR) is 112 cm³/mol. The summed E-state index contributed by atoms with van der Waals surface area (Å²) < 4.78 is 50.2. The van der Waals surface area contributed by atoms with Gasteiger partial charge in [0.1, 0.15) is 11.5 Å². The third-order valence-electron chi connectivity index (χ3n) is 6.38. The molecular formula is C23H27F3N2O3. The van der Waals surface area contributed by atoms with Gasteiger partial charge in [-0.15, -0.1) is 0 Å². The summed E-state index contributed by atoms with van der Waals surface area (Å²) in [6.07, 6.45) is -3.78. The number of aliphatic hydroxyl groups excluding tert-OH is 1. The highest BCUT2D eigenvalue weighted by molar-refractivity contribution is 5.52. The van der Waals surface area contributed by atoms with Crippen LogP contribution in [-0.4, -0.2) is 62.6 Å². The fourth-order valence-corrected chi connectivity index (χ4v) is 4.73. The topological polar surface area (TPSA) is 45.2 Å². The minimum atomic E-state index is -4.35. The standard InChI is InChI=1S/C23H27F3N2O3/c1-30-21-6-7-22(31-2)18-14-20(29)19(13-17(18)21)28-10-8-27(9-11-28)16-5-3-4-15(12-16)23(24,25)26/h3-7,12,19-20,29H,8-11,13-14H2,1-2H3/t19-,20-/m1/s1. The molecule has 0 saturated carbocycles. The number of anilines is 1. The summed E-state index contributed by atoms with van der Waals surface area (Å²) in [5.41, 5.74) is 1.98. The van der Waals surface area contributed by atoms with Crippen LogP contribution in [0, 0.1) is 0 Å². The van der Waals surface area contributed by atoms with Gasteiger partial charge in [-0.1, -0.05) is 6.07 Å². The molecule has 168 valence electrons. The van der Waals surface area contributed by atoms with Crippen LogP contribution in [0.2, 0.25) is 0 Å². The molecule has 1 aliphatic carbocycles. The minimum absolute atomic E-state index is 0.0721. The van der Waals surface area contributed by atoms with Gasteiger partial charge in [-0.25, -0.2) is 0 Å². The highest BCUT2D eigenvalue weighted by atomic mass is 19.4. The van der Waals surface area contributed by atoms with Crippen LogP contribution >= 0.6 is 0 Å². The van der Waals surface area contributed by atoms with Gasteiger partial charge in [-0.2, -0.15) is 13.2 Å². The molecule has 1 aliphatic heterocycles. The van der Waals surface area contributed by atoms with Gasteiger partial charge in [0.05, 0.1) is 25.9 Å². The van der Waals surface area contributed by atoms with Crippen molar-refractivity contribution in [2.75, 3.05) is 45.3 Å². The fraction of sp³-hybridized carbons (Fsp3) is 0.478. The first-order valence-corrected chi connectivity index (χ1v) is 10.4. The van der Waals surface area contributed by atoms with E-state index in [1.54, 1.807) is 20.3 Å². The first-order chi connectivity index (χ1) is 14.8. The molecule has 2 atom stereocenters. The van der Waals surface area contributed by atoms with Crippen molar-refractivity contribution < 1.29 is 27.8 Å². The molecule has 0 unspecified atom stereocenters. The van der Waals surface area contributed by atoms with Crippen LogP contribution < -0.4 is 14.4 Å². The smallest absolute Gasteiger partial charge is 0.416 e. The number of piperazine rings is 1. The second-order valence-electron chi connectivity index (χ2n) is 8.04. The molecule has 1 heterocycles. The normalized spacial score (nSPS) is 22.2. The molecule has 31 heavy (non-hydrogen) atoms. The lowest BCUT2D eigenvalue weighted by molar-refractivity contribution is -0.137. The van der Waals surface area contributed by atoms with E-state index in [2.05, 4.69) is 4.90 Å². The zero-order chi connectivity index (χ0) is 22.2. The molecule has 0 aromatic heterocycles. The highest BCUT2D eigenvalue weighted by Gasteiger charge is 2.36. The van der Waals surface area contributed by atoms with E-state index in [1.165, 1.54) is 12.1 Å². The molecule has 2 aromatic rings. The van der Waals surface area contributed by atoms with E-state index in [0.717, 1.165) is 28.7 Å². The van der Waals surface area contributed by atoms with E-state index < -0.39 is 17.8 Å². The lowest BCUT2D eigenvalue weighted by Crippen LogP contribution is -2.56. The number of hydrogen-bond donors (Lipinski definition) is 1. The summed E-state index contributed by atoms with van der Waals surface area (Å²) in [6, 6.07) is 9.14. The van der Waals surface area contributed by atoms with Gasteiger partial charge >= 0.3 is 6.18 Å². The average molecular weight is 436 g/mol. The fourth-order valence-electron chi connectivity index (χ4n) is 4.73. The van der Waals surface area contributed by atoms with Crippen molar-refractivity contribution in [3.8, 4) is 11.5 Å². The Morgan fingerprint density at radius 2 is 1.52 bits per heavy atom. The monoisotopic (exact) mass is 436 g/mol. The van der Waals surface area contributed by atoms with Crippen LogP contribution in [0.1, 0.15) is 16.7 Å². The second kappa shape index (κ2) is 8.59. The van der Waals surface area contributed by atoms with E-state index >= 15 is 0 Å². The molecule has 1 fully saturated rings. The summed E-state index contributed by atoms with van der Waals surface area (Å²) in [6.45, 7) is 2.54. The van der Waals surface area contributed by atoms with Gasteiger partial charge in [0.15, 0.2) is 0 Å². The Morgan fingerprint density at radius 3 is 2.10 bits per heavy atom. The van der Waals surface area contributed by atoms with Crippen molar-refractivity contribution in [3.05, 3.63) is 53.1 Å². The second-order valence-corrected chi connectivity index (χ2v) is 8.04. The van der Waals surface area contributed by atoms with E-state index in [4.69, 9.17) is 9.47 Å². The molecule has 4 rings (SSSR count). The minimum Gasteiger partial charge on any atom is -0.496 e. The first-order valence-electron chi connectivity index (χ1n) is 10.4.